The first kappa shape index (κ1) is 14.9. The molecule has 0 aromatic heterocycles. The van der Waals surface area contributed by atoms with Gasteiger partial charge in [0.1, 0.15) is 0 Å². The minimum Gasteiger partial charge on any atom is -0.382 e. The topological polar surface area (TPSA) is 33.7 Å². The molecule has 4 nitrogen and oxygen atoms in total. The highest BCUT2D eigenvalue weighted by Gasteiger charge is 2.27. The lowest BCUT2D eigenvalue weighted by Crippen LogP contribution is -2.48. The summed E-state index contributed by atoms with van der Waals surface area (Å²) in [4.78, 5) is 2.52. The third-order valence-electron chi connectivity index (χ3n) is 3.34. The number of hydrogen-bond acceptors (Lipinski definition) is 4. The number of rotatable bonds is 6. The molecule has 0 radical (unpaired) electrons. The van der Waals surface area contributed by atoms with Gasteiger partial charge in [0.25, 0.3) is 0 Å². The second-order valence-corrected chi connectivity index (χ2v) is 5.52. The van der Waals surface area contributed by atoms with E-state index in [-0.39, 0.29) is 5.54 Å². The van der Waals surface area contributed by atoms with Crippen molar-refractivity contribution in [3.63, 3.8) is 0 Å². The predicted octanol–water partition coefficient (Wildman–Crippen LogP) is 1.11. The van der Waals surface area contributed by atoms with Crippen LogP contribution >= 0.6 is 0 Å². The molecule has 1 saturated heterocycles. The van der Waals surface area contributed by atoms with E-state index in [0.717, 1.165) is 26.2 Å². The smallest absolute Gasteiger partial charge is 0.0700 e. The van der Waals surface area contributed by atoms with Crippen molar-refractivity contribution in [1.82, 2.24) is 10.2 Å². The van der Waals surface area contributed by atoms with Crippen molar-refractivity contribution in [3.05, 3.63) is 0 Å². The molecule has 0 amide bonds. The Kier molecular flexibility index (Phi) is 6.41. The van der Waals surface area contributed by atoms with Crippen LogP contribution in [-0.2, 0) is 9.47 Å². The molecule has 1 heterocycles. The Morgan fingerprint density at radius 2 is 2.06 bits per heavy atom. The first-order valence-corrected chi connectivity index (χ1v) is 6.61. The maximum atomic E-state index is 5.55. The fourth-order valence-electron chi connectivity index (χ4n) is 2.25. The van der Waals surface area contributed by atoms with Gasteiger partial charge in [-0.2, -0.15) is 0 Å². The van der Waals surface area contributed by atoms with Crippen LogP contribution in [0.4, 0.5) is 0 Å². The molecule has 1 N–H and O–H groups in total. The largest absolute Gasteiger partial charge is 0.382 e. The quantitative estimate of drug-likeness (QED) is 0.710. The summed E-state index contributed by atoms with van der Waals surface area (Å²) in [5.41, 5.74) is 0.206. The minimum atomic E-state index is 0.206. The number of hydrogen-bond donors (Lipinski definition) is 1. The summed E-state index contributed by atoms with van der Waals surface area (Å²) < 4.78 is 10.5. The van der Waals surface area contributed by atoms with E-state index in [1.54, 1.807) is 7.11 Å². The Hall–Kier alpha value is -0.160. The minimum absolute atomic E-state index is 0.206. The lowest BCUT2D eigenvalue weighted by molar-refractivity contribution is 0.0482. The van der Waals surface area contributed by atoms with Crippen LogP contribution in [0, 0.1) is 0 Å². The number of nitrogens with zero attached hydrogens (tertiary/aromatic N) is 1. The van der Waals surface area contributed by atoms with Crippen molar-refractivity contribution in [1.29, 1.82) is 0 Å². The van der Waals surface area contributed by atoms with E-state index in [1.807, 2.05) is 0 Å². The Morgan fingerprint density at radius 1 is 1.29 bits per heavy atom. The molecular formula is C13H28N2O2. The highest BCUT2D eigenvalue weighted by molar-refractivity contribution is 4.87. The second kappa shape index (κ2) is 7.31. The van der Waals surface area contributed by atoms with E-state index < -0.39 is 0 Å². The van der Waals surface area contributed by atoms with Crippen LogP contribution in [0.15, 0.2) is 0 Å². The van der Waals surface area contributed by atoms with Crippen LogP contribution in [0.1, 0.15) is 27.2 Å². The zero-order valence-electron chi connectivity index (χ0n) is 11.8. The standard InChI is InChI=1S/C13H28N2O2/c1-12-5-6-14-13(2,3)11-15(12)7-8-17-10-9-16-4/h12,14H,5-11H2,1-4H3. The zero-order chi connectivity index (χ0) is 12.7. The van der Waals surface area contributed by atoms with E-state index >= 15 is 0 Å². The molecule has 1 unspecified atom stereocenters. The van der Waals surface area contributed by atoms with Gasteiger partial charge < -0.3 is 14.8 Å². The van der Waals surface area contributed by atoms with Crippen LogP contribution in [-0.4, -0.2) is 63.0 Å². The summed E-state index contributed by atoms with van der Waals surface area (Å²) in [7, 11) is 1.70. The molecule has 1 atom stereocenters. The van der Waals surface area contributed by atoms with Crippen molar-refractivity contribution in [2.24, 2.45) is 0 Å². The highest BCUT2D eigenvalue weighted by atomic mass is 16.5. The molecule has 0 saturated carbocycles. The lowest BCUT2D eigenvalue weighted by Gasteiger charge is -2.32. The molecule has 102 valence electrons. The molecule has 0 aromatic rings. The fourth-order valence-corrected chi connectivity index (χ4v) is 2.25. The van der Waals surface area contributed by atoms with E-state index in [2.05, 4.69) is 31.0 Å². The Labute approximate surface area is 106 Å². The van der Waals surface area contributed by atoms with Gasteiger partial charge in [-0.05, 0) is 33.7 Å². The first-order valence-electron chi connectivity index (χ1n) is 6.61. The molecule has 4 heteroatoms. The van der Waals surface area contributed by atoms with Gasteiger partial charge in [-0.3, -0.25) is 4.90 Å². The maximum Gasteiger partial charge on any atom is 0.0700 e. The van der Waals surface area contributed by atoms with Crippen LogP contribution in [0.25, 0.3) is 0 Å². The summed E-state index contributed by atoms with van der Waals surface area (Å²) in [6.07, 6.45) is 1.21. The normalized spacial score (nSPS) is 25.8. The highest BCUT2D eigenvalue weighted by Crippen LogP contribution is 2.14. The van der Waals surface area contributed by atoms with Gasteiger partial charge in [-0.1, -0.05) is 0 Å². The average Bonchev–Trinajstić information content (AvgIpc) is 2.38. The molecule has 0 aromatic carbocycles. The van der Waals surface area contributed by atoms with Crippen molar-refractivity contribution in [2.45, 2.75) is 38.8 Å². The summed E-state index contributed by atoms with van der Waals surface area (Å²) in [6, 6.07) is 0.635. The van der Waals surface area contributed by atoms with Crippen LogP contribution < -0.4 is 5.32 Å². The molecular weight excluding hydrogens is 216 g/mol. The number of methoxy groups -OCH3 is 1. The van der Waals surface area contributed by atoms with Crippen molar-refractivity contribution < 1.29 is 9.47 Å². The van der Waals surface area contributed by atoms with E-state index in [1.165, 1.54) is 6.42 Å². The van der Waals surface area contributed by atoms with Crippen molar-refractivity contribution in [3.8, 4) is 0 Å². The van der Waals surface area contributed by atoms with Crippen LogP contribution in [0.2, 0.25) is 0 Å². The van der Waals surface area contributed by atoms with Crippen LogP contribution in [0.3, 0.4) is 0 Å². The van der Waals surface area contributed by atoms with Gasteiger partial charge >= 0.3 is 0 Å². The summed E-state index contributed by atoms with van der Waals surface area (Å²) in [6.45, 7) is 12.2. The number of ether oxygens (including phenoxy) is 2. The Balaban J connectivity index is 2.28. The van der Waals surface area contributed by atoms with Gasteiger partial charge in [-0.15, -0.1) is 0 Å². The molecule has 1 aliphatic heterocycles. The van der Waals surface area contributed by atoms with Crippen LogP contribution in [0.5, 0.6) is 0 Å². The molecule has 0 aliphatic carbocycles. The summed E-state index contributed by atoms with van der Waals surface area (Å²) in [5, 5.41) is 3.59. The Morgan fingerprint density at radius 3 is 2.76 bits per heavy atom. The predicted molar refractivity (Wildman–Crippen MR) is 70.4 cm³/mol. The SMILES string of the molecule is COCCOCCN1CC(C)(C)NCCC1C. The average molecular weight is 244 g/mol. The fraction of sp³-hybridized carbons (Fsp3) is 1.00. The Bertz CT molecular complexity index is 210. The molecule has 17 heavy (non-hydrogen) atoms. The third-order valence-corrected chi connectivity index (χ3v) is 3.34. The third kappa shape index (κ3) is 5.82. The van der Waals surface area contributed by atoms with Gasteiger partial charge in [0.2, 0.25) is 0 Å². The van der Waals surface area contributed by atoms with Gasteiger partial charge in [0.15, 0.2) is 0 Å². The molecule has 1 rings (SSSR count). The van der Waals surface area contributed by atoms with Crippen molar-refractivity contribution >= 4 is 0 Å². The van der Waals surface area contributed by atoms with E-state index in [4.69, 9.17) is 9.47 Å². The van der Waals surface area contributed by atoms with Crippen molar-refractivity contribution in [2.75, 3.05) is 46.6 Å². The van der Waals surface area contributed by atoms with E-state index in [9.17, 15) is 0 Å². The maximum absolute atomic E-state index is 5.55. The monoisotopic (exact) mass is 244 g/mol. The molecule has 1 fully saturated rings. The van der Waals surface area contributed by atoms with Gasteiger partial charge in [0, 0.05) is 31.8 Å². The zero-order valence-corrected chi connectivity index (χ0v) is 11.8. The molecule has 0 bridgehead atoms. The lowest BCUT2D eigenvalue weighted by atomic mass is 10.1. The summed E-state index contributed by atoms with van der Waals surface area (Å²) in [5.74, 6) is 0. The second-order valence-electron chi connectivity index (χ2n) is 5.52. The van der Waals surface area contributed by atoms with Gasteiger partial charge in [-0.25, -0.2) is 0 Å². The summed E-state index contributed by atoms with van der Waals surface area (Å²) >= 11 is 0. The first-order chi connectivity index (χ1) is 8.05. The van der Waals surface area contributed by atoms with Gasteiger partial charge in [0.05, 0.1) is 19.8 Å². The molecule has 1 aliphatic rings. The van der Waals surface area contributed by atoms with E-state index in [0.29, 0.717) is 19.3 Å². The molecule has 0 spiro atoms. The number of nitrogens with one attached hydrogen (secondary N) is 1.